The van der Waals surface area contributed by atoms with Crippen LogP contribution in [0.2, 0.25) is 0 Å². The molecule has 0 unspecified atom stereocenters. The van der Waals surface area contributed by atoms with Gasteiger partial charge < -0.3 is 5.11 Å². The standard InChI is InChI=1S/C12H16O/c1-3-11-6-4-5-7-12(11)8-10(2)9-13/h4-8,13H,3,9H2,1-2H3/b10-8-. The number of benzene rings is 1. The molecule has 0 amide bonds. The second-order valence-corrected chi connectivity index (χ2v) is 3.20. The van der Waals surface area contributed by atoms with E-state index in [9.17, 15) is 0 Å². The highest BCUT2D eigenvalue weighted by Gasteiger charge is 1.95. The normalized spacial score (nSPS) is 11.8. The van der Waals surface area contributed by atoms with E-state index in [4.69, 9.17) is 5.11 Å². The summed E-state index contributed by atoms with van der Waals surface area (Å²) in [6.45, 7) is 4.21. The van der Waals surface area contributed by atoms with E-state index in [0.29, 0.717) is 0 Å². The summed E-state index contributed by atoms with van der Waals surface area (Å²) in [7, 11) is 0. The van der Waals surface area contributed by atoms with Crippen molar-refractivity contribution in [3.05, 3.63) is 41.0 Å². The fraction of sp³-hybridized carbons (Fsp3) is 0.333. The fourth-order valence-electron chi connectivity index (χ4n) is 1.31. The van der Waals surface area contributed by atoms with E-state index >= 15 is 0 Å². The van der Waals surface area contributed by atoms with Crippen LogP contribution in [-0.4, -0.2) is 11.7 Å². The smallest absolute Gasteiger partial charge is 0.0642 e. The van der Waals surface area contributed by atoms with E-state index < -0.39 is 0 Å². The Kier molecular flexibility index (Phi) is 3.71. The summed E-state index contributed by atoms with van der Waals surface area (Å²) in [6, 6.07) is 8.27. The molecule has 0 atom stereocenters. The van der Waals surface area contributed by atoms with Gasteiger partial charge in [-0.2, -0.15) is 0 Å². The van der Waals surface area contributed by atoms with Crippen LogP contribution >= 0.6 is 0 Å². The van der Waals surface area contributed by atoms with Gasteiger partial charge in [0.2, 0.25) is 0 Å². The summed E-state index contributed by atoms with van der Waals surface area (Å²) in [5.74, 6) is 0. The lowest BCUT2D eigenvalue weighted by Gasteiger charge is -2.03. The molecule has 0 radical (unpaired) electrons. The number of aliphatic hydroxyl groups excluding tert-OH is 1. The molecule has 1 heteroatoms. The summed E-state index contributed by atoms with van der Waals surface area (Å²) < 4.78 is 0. The third-order valence-electron chi connectivity index (χ3n) is 2.09. The van der Waals surface area contributed by atoms with Crippen molar-refractivity contribution in [3.8, 4) is 0 Å². The van der Waals surface area contributed by atoms with Crippen LogP contribution in [0.5, 0.6) is 0 Å². The lowest BCUT2D eigenvalue weighted by atomic mass is 10.0. The Morgan fingerprint density at radius 1 is 1.38 bits per heavy atom. The molecule has 0 fully saturated rings. The van der Waals surface area contributed by atoms with E-state index in [1.807, 2.05) is 25.1 Å². The molecule has 1 aromatic rings. The quantitative estimate of drug-likeness (QED) is 0.750. The van der Waals surface area contributed by atoms with Crippen molar-refractivity contribution >= 4 is 6.08 Å². The summed E-state index contributed by atoms with van der Waals surface area (Å²) in [5.41, 5.74) is 3.55. The van der Waals surface area contributed by atoms with Crippen molar-refractivity contribution in [2.45, 2.75) is 20.3 Å². The lowest BCUT2D eigenvalue weighted by Crippen LogP contribution is -1.88. The maximum absolute atomic E-state index is 8.89. The van der Waals surface area contributed by atoms with Gasteiger partial charge in [0, 0.05) is 0 Å². The van der Waals surface area contributed by atoms with E-state index in [1.165, 1.54) is 11.1 Å². The minimum Gasteiger partial charge on any atom is -0.392 e. The topological polar surface area (TPSA) is 20.2 Å². The van der Waals surface area contributed by atoms with Crippen molar-refractivity contribution in [2.24, 2.45) is 0 Å². The first-order chi connectivity index (χ1) is 6.27. The molecular weight excluding hydrogens is 160 g/mol. The predicted molar refractivity (Wildman–Crippen MR) is 56.6 cm³/mol. The van der Waals surface area contributed by atoms with Gasteiger partial charge in [-0.3, -0.25) is 0 Å². The van der Waals surface area contributed by atoms with Crippen LogP contribution in [0.3, 0.4) is 0 Å². The first kappa shape index (κ1) is 10.0. The average Bonchev–Trinajstić information content (AvgIpc) is 2.18. The van der Waals surface area contributed by atoms with Gasteiger partial charge in [0.1, 0.15) is 0 Å². The monoisotopic (exact) mass is 176 g/mol. The molecule has 0 aliphatic heterocycles. The zero-order chi connectivity index (χ0) is 9.68. The molecule has 70 valence electrons. The van der Waals surface area contributed by atoms with Gasteiger partial charge in [-0.15, -0.1) is 0 Å². The minimum atomic E-state index is 0.137. The number of aliphatic hydroxyl groups is 1. The summed E-state index contributed by atoms with van der Waals surface area (Å²) in [6.07, 6.45) is 3.07. The maximum Gasteiger partial charge on any atom is 0.0642 e. The molecule has 1 nitrogen and oxygen atoms in total. The number of aryl methyl sites for hydroxylation is 1. The number of hydrogen-bond acceptors (Lipinski definition) is 1. The van der Waals surface area contributed by atoms with Crippen molar-refractivity contribution in [1.82, 2.24) is 0 Å². The Bertz CT molecular complexity index is 300. The Morgan fingerprint density at radius 3 is 2.69 bits per heavy atom. The van der Waals surface area contributed by atoms with Gasteiger partial charge in [-0.25, -0.2) is 0 Å². The molecule has 1 rings (SSSR count). The van der Waals surface area contributed by atoms with E-state index in [-0.39, 0.29) is 6.61 Å². The molecule has 0 spiro atoms. The van der Waals surface area contributed by atoms with E-state index in [0.717, 1.165) is 12.0 Å². The molecule has 1 aromatic carbocycles. The minimum absolute atomic E-state index is 0.137. The van der Waals surface area contributed by atoms with Crippen molar-refractivity contribution in [3.63, 3.8) is 0 Å². The second kappa shape index (κ2) is 4.83. The largest absolute Gasteiger partial charge is 0.392 e. The van der Waals surface area contributed by atoms with Crippen LogP contribution in [0, 0.1) is 0 Å². The first-order valence-electron chi connectivity index (χ1n) is 4.64. The Hall–Kier alpha value is -1.08. The molecule has 0 saturated heterocycles. The zero-order valence-corrected chi connectivity index (χ0v) is 8.25. The van der Waals surface area contributed by atoms with E-state index in [1.54, 1.807) is 0 Å². The van der Waals surface area contributed by atoms with Crippen molar-refractivity contribution in [2.75, 3.05) is 6.61 Å². The zero-order valence-electron chi connectivity index (χ0n) is 8.25. The summed E-state index contributed by atoms with van der Waals surface area (Å²) in [5, 5.41) is 8.89. The highest BCUT2D eigenvalue weighted by atomic mass is 16.3. The van der Waals surface area contributed by atoms with Gasteiger partial charge in [-0.1, -0.05) is 37.3 Å². The van der Waals surface area contributed by atoms with Crippen molar-refractivity contribution in [1.29, 1.82) is 0 Å². The van der Waals surface area contributed by atoms with Crippen LogP contribution in [0.15, 0.2) is 29.8 Å². The summed E-state index contributed by atoms with van der Waals surface area (Å²) >= 11 is 0. The fourth-order valence-corrected chi connectivity index (χ4v) is 1.31. The molecule has 0 heterocycles. The second-order valence-electron chi connectivity index (χ2n) is 3.20. The third-order valence-corrected chi connectivity index (χ3v) is 2.09. The number of rotatable bonds is 3. The molecule has 0 aromatic heterocycles. The molecule has 0 aliphatic carbocycles. The van der Waals surface area contributed by atoms with Crippen LogP contribution in [0.25, 0.3) is 6.08 Å². The predicted octanol–water partition coefficient (Wildman–Crippen LogP) is 2.64. The molecule has 0 bridgehead atoms. The van der Waals surface area contributed by atoms with Gasteiger partial charge in [0.25, 0.3) is 0 Å². The molecule has 0 saturated carbocycles. The van der Waals surface area contributed by atoms with E-state index in [2.05, 4.69) is 19.1 Å². The highest BCUT2D eigenvalue weighted by molar-refractivity contribution is 5.56. The maximum atomic E-state index is 8.89. The highest BCUT2D eigenvalue weighted by Crippen LogP contribution is 2.13. The Labute approximate surface area is 79.7 Å². The van der Waals surface area contributed by atoms with Gasteiger partial charge in [0.05, 0.1) is 6.61 Å². The third kappa shape index (κ3) is 2.71. The lowest BCUT2D eigenvalue weighted by molar-refractivity contribution is 0.332. The average molecular weight is 176 g/mol. The van der Waals surface area contributed by atoms with Crippen LogP contribution in [0.4, 0.5) is 0 Å². The SMILES string of the molecule is CCc1ccccc1/C=C(/C)CO. The van der Waals surface area contributed by atoms with Crippen molar-refractivity contribution < 1.29 is 5.11 Å². The molecular formula is C12H16O. The molecule has 1 N–H and O–H groups in total. The van der Waals surface area contributed by atoms with Crippen LogP contribution in [0.1, 0.15) is 25.0 Å². The first-order valence-corrected chi connectivity index (χ1v) is 4.64. The van der Waals surface area contributed by atoms with Gasteiger partial charge >= 0.3 is 0 Å². The van der Waals surface area contributed by atoms with Crippen LogP contribution in [-0.2, 0) is 6.42 Å². The Balaban J connectivity index is 2.99. The van der Waals surface area contributed by atoms with Gasteiger partial charge in [0.15, 0.2) is 0 Å². The van der Waals surface area contributed by atoms with Gasteiger partial charge in [-0.05, 0) is 30.0 Å². The van der Waals surface area contributed by atoms with Crippen LogP contribution < -0.4 is 0 Å². The molecule has 0 aliphatic rings. The Morgan fingerprint density at radius 2 is 2.08 bits per heavy atom. The molecule has 13 heavy (non-hydrogen) atoms. The number of hydrogen-bond donors (Lipinski definition) is 1. The summed E-state index contributed by atoms with van der Waals surface area (Å²) in [4.78, 5) is 0.